The first-order valence-corrected chi connectivity index (χ1v) is 5.68. The Kier molecular flexibility index (Phi) is 4.92. The molecule has 1 aromatic rings. The summed E-state index contributed by atoms with van der Waals surface area (Å²) in [5.41, 5.74) is 0.0349. The summed E-state index contributed by atoms with van der Waals surface area (Å²) >= 11 is 5.76. The minimum absolute atomic E-state index is 0.0103. The highest BCUT2D eigenvalue weighted by Gasteiger charge is 2.29. The van der Waals surface area contributed by atoms with Crippen molar-refractivity contribution in [3.8, 4) is 0 Å². The largest absolute Gasteiger partial charge is 0.479 e. The third-order valence-corrected chi connectivity index (χ3v) is 2.64. The van der Waals surface area contributed by atoms with Gasteiger partial charge in [-0.2, -0.15) is 0 Å². The third kappa shape index (κ3) is 3.42. The fraction of sp³-hybridized carbons (Fsp3) is 0.600. The highest BCUT2D eigenvalue weighted by Crippen LogP contribution is 2.23. The number of aliphatic hydroxyl groups is 2. The number of hydrogen-bond donors (Lipinski definition) is 4. The molecule has 6 nitrogen and oxygen atoms in total. The van der Waals surface area contributed by atoms with Crippen molar-refractivity contribution in [1.82, 2.24) is 9.97 Å². The summed E-state index contributed by atoms with van der Waals surface area (Å²) < 4.78 is 0. The van der Waals surface area contributed by atoms with Crippen molar-refractivity contribution in [2.24, 2.45) is 0 Å². The fourth-order valence-electron chi connectivity index (χ4n) is 1.37. The van der Waals surface area contributed by atoms with Crippen LogP contribution in [0.25, 0.3) is 0 Å². The number of hydrogen-bond acceptors (Lipinski definition) is 4. The number of aromatic nitrogens is 2. The Labute approximate surface area is 103 Å². The van der Waals surface area contributed by atoms with E-state index in [1.54, 1.807) is 0 Å². The van der Waals surface area contributed by atoms with Gasteiger partial charge < -0.3 is 20.3 Å². The maximum atomic E-state index is 10.5. The highest BCUT2D eigenvalue weighted by atomic mass is 35.5. The van der Waals surface area contributed by atoms with Crippen LogP contribution in [0, 0.1) is 0 Å². The average Bonchev–Trinajstić information content (AvgIpc) is 2.65. The van der Waals surface area contributed by atoms with E-state index in [2.05, 4.69) is 9.97 Å². The molecule has 0 radical (unpaired) electrons. The number of carboxylic acid groups (broad SMARTS) is 1. The number of imidazole rings is 1. The maximum Gasteiger partial charge on any atom is 0.335 e. The maximum absolute atomic E-state index is 10.5. The number of aliphatic carboxylic acids is 1. The molecule has 4 N–H and O–H groups in total. The molecule has 0 saturated heterocycles. The summed E-state index contributed by atoms with van der Waals surface area (Å²) in [5.74, 6) is -0.943. The zero-order valence-electron chi connectivity index (χ0n) is 9.35. The lowest BCUT2D eigenvalue weighted by atomic mass is 10.1. The van der Waals surface area contributed by atoms with Crippen molar-refractivity contribution in [2.45, 2.75) is 38.4 Å². The van der Waals surface area contributed by atoms with Gasteiger partial charge >= 0.3 is 5.97 Å². The lowest BCUT2D eigenvalue weighted by Gasteiger charge is -2.12. The van der Waals surface area contributed by atoms with Crippen LogP contribution in [0.4, 0.5) is 0 Å². The second-order valence-corrected chi connectivity index (χ2v) is 4.08. The van der Waals surface area contributed by atoms with Gasteiger partial charge in [0, 0.05) is 6.42 Å². The van der Waals surface area contributed by atoms with E-state index in [1.165, 1.54) is 0 Å². The topological polar surface area (TPSA) is 106 Å². The standard InChI is InChI=1S/C10H15ClN2O4/c1-2-3-4-5-12-6(9(11)13-5)7(14)8(15)10(16)17/h7-8,14-15H,2-4H2,1H3,(H,12,13)(H,16,17). The monoisotopic (exact) mass is 262 g/mol. The molecular formula is C10H15ClN2O4. The van der Waals surface area contributed by atoms with Gasteiger partial charge in [-0.05, 0) is 6.42 Å². The van der Waals surface area contributed by atoms with Crippen LogP contribution in [0.5, 0.6) is 0 Å². The Hall–Kier alpha value is -1.11. The minimum atomic E-state index is -1.92. The number of aryl methyl sites for hydroxylation is 1. The first kappa shape index (κ1) is 14.0. The number of unbranched alkanes of at least 4 members (excludes halogenated alkanes) is 1. The zero-order valence-corrected chi connectivity index (χ0v) is 10.1. The first-order valence-electron chi connectivity index (χ1n) is 5.30. The molecule has 0 aliphatic carbocycles. The van der Waals surface area contributed by atoms with Crippen LogP contribution in [-0.2, 0) is 11.2 Å². The molecule has 1 aromatic heterocycles. The lowest BCUT2D eigenvalue weighted by molar-refractivity contribution is -0.153. The van der Waals surface area contributed by atoms with Crippen LogP contribution in [0.15, 0.2) is 0 Å². The predicted octanol–water partition coefficient (Wildman–Crippen LogP) is 0.885. The van der Waals surface area contributed by atoms with Crippen molar-refractivity contribution in [3.05, 3.63) is 16.7 Å². The van der Waals surface area contributed by atoms with E-state index >= 15 is 0 Å². The van der Waals surface area contributed by atoms with Crippen molar-refractivity contribution >= 4 is 17.6 Å². The summed E-state index contributed by atoms with van der Waals surface area (Å²) in [7, 11) is 0. The zero-order chi connectivity index (χ0) is 13.0. The van der Waals surface area contributed by atoms with E-state index in [0.29, 0.717) is 12.2 Å². The molecule has 2 atom stereocenters. The van der Waals surface area contributed by atoms with Gasteiger partial charge in [-0.25, -0.2) is 9.78 Å². The SMILES string of the molecule is CCCCc1nc(Cl)c(C(O)C(O)C(=O)O)[nH]1. The number of aromatic amines is 1. The van der Waals surface area contributed by atoms with E-state index in [1.807, 2.05) is 6.92 Å². The number of rotatable bonds is 6. The molecule has 0 bridgehead atoms. The second kappa shape index (κ2) is 6.00. The van der Waals surface area contributed by atoms with E-state index < -0.39 is 18.2 Å². The first-order chi connectivity index (χ1) is 7.97. The number of halogens is 1. The van der Waals surface area contributed by atoms with Crippen LogP contribution < -0.4 is 0 Å². The number of aliphatic hydroxyl groups excluding tert-OH is 2. The van der Waals surface area contributed by atoms with Crippen molar-refractivity contribution in [3.63, 3.8) is 0 Å². The van der Waals surface area contributed by atoms with Crippen LogP contribution >= 0.6 is 11.6 Å². The molecule has 0 aliphatic heterocycles. The Bertz CT molecular complexity index is 394. The molecule has 0 fully saturated rings. The van der Waals surface area contributed by atoms with E-state index in [4.69, 9.17) is 16.7 Å². The van der Waals surface area contributed by atoms with Crippen molar-refractivity contribution in [2.75, 3.05) is 0 Å². The van der Waals surface area contributed by atoms with Crippen LogP contribution in [-0.4, -0.2) is 37.4 Å². The Morgan fingerprint density at radius 3 is 2.71 bits per heavy atom. The summed E-state index contributed by atoms with van der Waals surface area (Å²) in [6, 6.07) is 0. The summed E-state index contributed by atoms with van der Waals surface area (Å²) in [5, 5.41) is 27.3. The smallest absolute Gasteiger partial charge is 0.335 e. The van der Waals surface area contributed by atoms with Gasteiger partial charge in [0.05, 0.1) is 5.69 Å². The molecule has 1 rings (SSSR count). The van der Waals surface area contributed by atoms with Crippen molar-refractivity contribution < 1.29 is 20.1 Å². The van der Waals surface area contributed by atoms with Crippen LogP contribution in [0.1, 0.15) is 37.4 Å². The summed E-state index contributed by atoms with van der Waals surface area (Å²) in [6.45, 7) is 2.02. The van der Waals surface area contributed by atoms with E-state index in [0.717, 1.165) is 12.8 Å². The van der Waals surface area contributed by atoms with Gasteiger partial charge in [0.25, 0.3) is 0 Å². The van der Waals surface area contributed by atoms with E-state index in [-0.39, 0.29) is 10.8 Å². The molecule has 0 aromatic carbocycles. The minimum Gasteiger partial charge on any atom is -0.479 e. The summed E-state index contributed by atoms with van der Waals surface area (Å²) in [6.07, 6.45) is -0.990. The van der Waals surface area contributed by atoms with Crippen LogP contribution in [0.2, 0.25) is 5.15 Å². The molecule has 17 heavy (non-hydrogen) atoms. The normalized spacial score (nSPS) is 14.6. The number of carboxylic acids is 1. The van der Waals surface area contributed by atoms with Crippen molar-refractivity contribution in [1.29, 1.82) is 0 Å². The Morgan fingerprint density at radius 1 is 1.53 bits per heavy atom. The molecule has 0 amide bonds. The van der Waals surface area contributed by atoms with Crippen LogP contribution in [0.3, 0.4) is 0 Å². The molecule has 0 aliphatic rings. The molecule has 7 heteroatoms. The number of nitrogens with one attached hydrogen (secondary N) is 1. The van der Waals surface area contributed by atoms with Gasteiger partial charge in [0.2, 0.25) is 0 Å². The number of H-pyrrole nitrogens is 1. The number of nitrogens with zero attached hydrogens (tertiary/aromatic N) is 1. The third-order valence-electron chi connectivity index (χ3n) is 2.35. The Morgan fingerprint density at radius 2 is 2.18 bits per heavy atom. The summed E-state index contributed by atoms with van der Waals surface area (Å²) in [4.78, 5) is 17.2. The molecular weight excluding hydrogens is 248 g/mol. The second-order valence-electron chi connectivity index (χ2n) is 3.72. The van der Waals surface area contributed by atoms with Gasteiger partial charge in [0.15, 0.2) is 11.3 Å². The molecule has 2 unspecified atom stereocenters. The number of carbonyl (C=O) groups is 1. The molecule has 1 heterocycles. The Balaban J connectivity index is 2.83. The predicted molar refractivity (Wildman–Crippen MR) is 60.8 cm³/mol. The van der Waals surface area contributed by atoms with Gasteiger partial charge in [-0.3, -0.25) is 0 Å². The molecule has 0 saturated carbocycles. The van der Waals surface area contributed by atoms with Gasteiger partial charge in [0.1, 0.15) is 11.9 Å². The van der Waals surface area contributed by atoms with Gasteiger partial charge in [-0.1, -0.05) is 24.9 Å². The molecule has 96 valence electrons. The highest BCUT2D eigenvalue weighted by molar-refractivity contribution is 6.30. The van der Waals surface area contributed by atoms with Gasteiger partial charge in [-0.15, -0.1) is 0 Å². The molecule has 0 spiro atoms. The lowest BCUT2D eigenvalue weighted by Crippen LogP contribution is -2.27. The quantitative estimate of drug-likeness (QED) is 0.609. The average molecular weight is 263 g/mol. The van der Waals surface area contributed by atoms with E-state index in [9.17, 15) is 15.0 Å². The fourth-order valence-corrected chi connectivity index (χ4v) is 1.63.